The largest absolute Gasteiger partial charge is 0.384 e. The number of benzene rings is 2. The molecule has 0 aliphatic rings. The lowest BCUT2D eigenvalue weighted by Gasteiger charge is -2.16. The minimum atomic E-state index is -0.779. The van der Waals surface area contributed by atoms with Gasteiger partial charge in [-0.3, -0.25) is 0 Å². The molecule has 2 aromatic rings. The zero-order chi connectivity index (χ0) is 14.2. The Hall–Kier alpha value is -0.540. The Labute approximate surface area is 131 Å². The first-order valence-corrected chi connectivity index (χ1v) is 7.34. The fraction of sp³-hybridized carbons (Fsp3) is 0.200. The third kappa shape index (κ3) is 3.14. The molecule has 2 rings (SSSR count). The number of hydrogen-bond acceptors (Lipinski definition) is 1. The normalized spacial score (nSPS) is 12.5. The molecule has 4 heteroatoms. The van der Waals surface area contributed by atoms with Gasteiger partial charge in [0.1, 0.15) is 6.10 Å². The topological polar surface area (TPSA) is 20.2 Å². The van der Waals surface area contributed by atoms with E-state index < -0.39 is 6.10 Å². The summed E-state index contributed by atoms with van der Waals surface area (Å²) >= 11 is 15.6. The summed E-state index contributed by atoms with van der Waals surface area (Å²) in [5, 5.41) is 11.7. The molecule has 0 amide bonds. The van der Waals surface area contributed by atoms with Gasteiger partial charge in [0.2, 0.25) is 0 Å². The number of aryl methyl sites for hydroxylation is 2. The highest BCUT2D eigenvalue weighted by Gasteiger charge is 2.17. The molecule has 0 radical (unpaired) electrons. The van der Waals surface area contributed by atoms with E-state index in [4.69, 9.17) is 23.2 Å². The van der Waals surface area contributed by atoms with Crippen LogP contribution in [0.5, 0.6) is 0 Å². The molecule has 1 nitrogen and oxygen atoms in total. The monoisotopic (exact) mass is 358 g/mol. The Balaban J connectivity index is 2.49. The van der Waals surface area contributed by atoms with E-state index in [9.17, 15) is 5.11 Å². The fourth-order valence-electron chi connectivity index (χ4n) is 1.90. The number of hydrogen-bond donors (Lipinski definition) is 1. The van der Waals surface area contributed by atoms with Crippen LogP contribution in [0.1, 0.15) is 28.4 Å². The van der Waals surface area contributed by atoms with Crippen LogP contribution >= 0.6 is 39.1 Å². The quantitative estimate of drug-likeness (QED) is 0.755. The number of aliphatic hydroxyl groups excluding tert-OH is 1. The Morgan fingerprint density at radius 1 is 1.00 bits per heavy atom. The van der Waals surface area contributed by atoms with Gasteiger partial charge in [0, 0.05) is 20.1 Å². The van der Waals surface area contributed by atoms with Gasteiger partial charge >= 0.3 is 0 Å². The molecule has 0 saturated heterocycles. The Morgan fingerprint density at radius 3 is 2.26 bits per heavy atom. The van der Waals surface area contributed by atoms with Gasteiger partial charge in [0.05, 0.1) is 0 Å². The Bertz CT molecular complexity index is 626. The molecule has 0 aliphatic heterocycles. The van der Waals surface area contributed by atoms with Crippen LogP contribution in [0, 0.1) is 13.8 Å². The predicted molar refractivity (Wildman–Crippen MR) is 84.1 cm³/mol. The molecular formula is C15H13BrCl2O. The van der Waals surface area contributed by atoms with Gasteiger partial charge in [-0.25, -0.2) is 0 Å². The van der Waals surface area contributed by atoms with Crippen molar-refractivity contribution >= 4 is 39.1 Å². The van der Waals surface area contributed by atoms with E-state index in [-0.39, 0.29) is 0 Å². The summed E-state index contributed by atoms with van der Waals surface area (Å²) in [5.41, 5.74) is 3.65. The summed E-state index contributed by atoms with van der Waals surface area (Å²) in [6, 6.07) is 9.10. The molecule has 0 aliphatic carbocycles. The van der Waals surface area contributed by atoms with Crippen LogP contribution in [0.25, 0.3) is 0 Å². The highest BCUT2D eigenvalue weighted by Crippen LogP contribution is 2.34. The van der Waals surface area contributed by atoms with Crippen molar-refractivity contribution in [1.29, 1.82) is 0 Å². The van der Waals surface area contributed by atoms with Crippen molar-refractivity contribution in [2.75, 3.05) is 0 Å². The molecule has 0 saturated carbocycles. The molecule has 0 bridgehead atoms. The maximum atomic E-state index is 10.5. The maximum absolute atomic E-state index is 10.5. The van der Waals surface area contributed by atoms with Crippen LogP contribution in [-0.4, -0.2) is 5.11 Å². The Kier molecular flexibility index (Phi) is 4.57. The van der Waals surface area contributed by atoms with Crippen molar-refractivity contribution in [2.45, 2.75) is 20.0 Å². The van der Waals surface area contributed by atoms with Gasteiger partial charge in [-0.1, -0.05) is 51.3 Å². The lowest BCUT2D eigenvalue weighted by Crippen LogP contribution is -2.02. The summed E-state index contributed by atoms with van der Waals surface area (Å²) in [6.45, 7) is 3.99. The first-order valence-electron chi connectivity index (χ1n) is 5.80. The first-order chi connectivity index (χ1) is 8.90. The molecule has 1 N–H and O–H groups in total. The highest BCUT2D eigenvalue weighted by atomic mass is 79.9. The molecule has 100 valence electrons. The van der Waals surface area contributed by atoms with Crippen LogP contribution in [0.3, 0.4) is 0 Å². The van der Waals surface area contributed by atoms with Gasteiger partial charge in [0.25, 0.3) is 0 Å². The zero-order valence-corrected chi connectivity index (χ0v) is 13.6. The minimum absolute atomic E-state index is 0.567. The third-order valence-corrected chi connectivity index (χ3v) is 4.41. The summed E-state index contributed by atoms with van der Waals surface area (Å²) in [6.07, 6.45) is -0.779. The van der Waals surface area contributed by atoms with E-state index in [1.807, 2.05) is 26.0 Å². The number of aliphatic hydroxyl groups is 1. The molecule has 0 spiro atoms. The van der Waals surface area contributed by atoms with Crippen LogP contribution in [-0.2, 0) is 0 Å². The number of rotatable bonds is 2. The molecule has 1 atom stereocenters. The van der Waals surface area contributed by atoms with E-state index in [0.717, 1.165) is 21.2 Å². The van der Waals surface area contributed by atoms with Crippen LogP contribution < -0.4 is 0 Å². The average Bonchev–Trinajstić information content (AvgIpc) is 2.33. The standard InChI is InChI=1S/C15H13BrCl2O/c1-8-5-12(14(18)6-9(8)2)15(19)11-4-3-10(17)7-13(11)16/h3-7,15,19H,1-2H3. The van der Waals surface area contributed by atoms with E-state index in [0.29, 0.717) is 15.6 Å². The predicted octanol–water partition coefficient (Wildman–Crippen LogP) is 5.45. The molecule has 1 unspecified atom stereocenters. The summed E-state index contributed by atoms with van der Waals surface area (Å²) in [7, 11) is 0. The summed E-state index contributed by atoms with van der Waals surface area (Å²) in [4.78, 5) is 0. The molecule has 19 heavy (non-hydrogen) atoms. The Morgan fingerprint density at radius 2 is 1.63 bits per heavy atom. The molecule has 2 aromatic carbocycles. The van der Waals surface area contributed by atoms with Crippen molar-refractivity contribution in [2.24, 2.45) is 0 Å². The van der Waals surface area contributed by atoms with Crippen LogP contribution in [0.15, 0.2) is 34.8 Å². The molecular weight excluding hydrogens is 347 g/mol. The first kappa shape index (κ1) is 14.9. The van der Waals surface area contributed by atoms with E-state index in [1.165, 1.54) is 0 Å². The molecule has 0 fully saturated rings. The summed E-state index contributed by atoms with van der Waals surface area (Å²) < 4.78 is 0.766. The fourth-order valence-corrected chi connectivity index (χ4v) is 3.12. The van der Waals surface area contributed by atoms with E-state index in [1.54, 1.807) is 18.2 Å². The second kappa shape index (κ2) is 5.84. The number of halogens is 3. The lowest BCUT2D eigenvalue weighted by atomic mass is 9.98. The minimum Gasteiger partial charge on any atom is -0.384 e. The van der Waals surface area contributed by atoms with E-state index >= 15 is 0 Å². The second-order valence-electron chi connectivity index (χ2n) is 4.53. The SMILES string of the molecule is Cc1cc(Cl)c(C(O)c2ccc(Cl)cc2Br)cc1C. The lowest BCUT2D eigenvalue weighted by molar-refractivity contribution is 0.219. The van der Waals surface area contributed by atoms with Gasteiger partial charge in [-0.05, 0) is 48.7 Å². The van der Waals surface area contributed by atoms with Crippen LogP contribution in [0.2, 0.25) is 10.0 Å². The average molecular weight is 360 g/mol. The van der Waals surface area contributed by atoms with Crippen LogP contribution in [0.4, 0.5) is 0 Å². The third-order valence-electron chi connectivity index (χ3n) is 3.16. The van der Waals surface area contributed by atoms with Gasteiger partial charge in [0.15, 0.2) is 0 Å². The summed E-state index contributed by atoms with van der Waals surface area (Å²) in [5.74, 6) is 0. The smallest absolute Gasteiger partial charge is 0.107 e. The molecule has 0 heterocycles. The molecule has 0 aromatic heterocycles. The van der Waals surface area contributed by atoms with Gasteiger partial charge in [-0.2, -0.15) is 0 Å². The highest BCUT2D eigenvalue weighted by molar-refractivity contribution is 9.10. The maximum Gasteiger partial charge on any atom is 0.107 e. The van der Waals surface area contributed by atoms with Crippen molar-refractivity contribution in [3.63, 3.8) is 0 Å². The van der Waals surface area contributed by atoms with Crippen molar-refractivity contribution in [3.05, 3.63) is 67.1 Å². The zero-order valence-electron chi connectivity index (χ0n) is 10.5. The second-order valence-corrected chi connectivity index (χ2v) is 6.22. The van der Waals surface area contributed by atoms with E-state index in [2.05, 4.69) is 15.9 Å². The van der Waals surface area contributed by atoms with Gasteiger partial charge in [-0.15, -0.1) is 0 Å². The van der Waals surface area contributed by atoms with Crippen molar-refractivity contribution in [3.8, 4) is 0 Å². The van der Waals surface area contributed by atoms with Crippen molar-refractivity contribution < 1.29 is 5.11 Å². The van der Waals surface area contributed by atoms with Crippen molar-refractivity contribution in [1.82, 2.24) is 0 Å². The van der Waals surface area contributed by atoms with Gasteiger partial charge < -0.3 is 5.11 Å².